The fourth-order valence-electron chi connectivity index (χ4n) is 2.99. The molecule has 1 aliphatic carbocycles. The smallest absolute Gasteiger partial charge is 0.253 e. The third kappa shape index (κ3) is 3.02. The molecule has 122 valence electrons. The zero-order valence-corrected chi connectivity index (χ0v) is 15.9. The number of thiocarbonyl (C=S) groups is 1. The number of nitrogens with one attached hydrogen (secondary N) is 1. The Morgan fingerprint density at radius 1 is 1.35 bits per heavy atom. The van der Waals surface area contributed by atoms with Crippen LogP contribution < -0.4 is 5.32 Å². The number of amides is 1. The van der Waals surface area contributed by atoms with Crippen LogP contribution in [-0.4, -0.2) is 41.0 Å². The van der Waals surface area contributed by atoms with Gasteiger partial charge in [0.15, 0.2) is 5.11 Å². The largest absolute Gasteiger partial charge is 0.351 e. The fourth-order valence-corrected chi connectivity index (χ4v) is 3.91. The maximum atomic E-state index is 12.8. The molecule has 1 aliphatic heterocycles. The van der Waals surface area contributed by atoms with Crippen LogP contribution in [0.25, 0.3) is 0 Å². The summed E-state index contributed by atoms with van der Waals surface area (Å²) in [5, 5.41) is 4.09. The highest BCUT2D eigenvalue weighted by Crippen LogP contribution is 2.39. The van der Waals surface area contributed by atoms with E-state index in [9.17, 15) is 4.79 Å². The third-order valence-electron chi connectivity index (χ3n) is 4.29. The molecule has 0 bridgehead atoms. The van der Waals surface area contributed by atoms with Gasteiger partial charge in [-0.05, 0) is 43.6 Å². The van der Waals surface area contributed by atoms with Gasteiger partial charge in [-0.2, -0.15) is 0 Å². The van der Waals surface area contributed by atoms with Crippen LogP contribution in [-0.2, 0) is 4.79 Å². The Hall–Kier alpha value is -1.40. The number of benzene rings is 1. The van der Waals surface area contributed by atoms with Crippen molar-refractivity contribution in [2.45, 2.75) is 31.8 Å². The predicted molar refractivity (Wildman–Crippen MR) is 98.9 cm³/mol. The summed E-state index contributed by atoms with van der Waals surface area (Å²) in [5.41, 5.74) is 2.76. The van der Waals surface area contributed by atoms with Gasteiger partial charge in [0.05, 0.1) is 11.6 Å². The second-order valence-corrected chi connectivity index (χ2v) is 7.44. The number of carbonyl (C=O) groups excluding carboxylic acids is 1. The lowest BCUT2D eigenvalue weighted by atomic mass is 9.94. The average Bonchev–Trinajstić information content (AvgIpc) is 3.31. The topological polar surface area (TPSA) is 35.6 Å². The van der Waals surface area contributed by atoms with Crippen LogP contribution in [0.4, 0.5) is 0 Å². The minimum absolute atomic E-state index is 0.0175. The lowest BCUT2D eigenvalue weighted by Gasteiger charge is -2.39. The third-order valence-corrected chi connectivity index (χ3v) is 5.33. The van der Waals surface area contributed by atoms with E-state index < -0.39 is 0 Å². The van der Waals surface area contributed by atoms with E-state index in [0.717, 1.165) is 34.1 Å². The first-order chi connectivity index (χ1) is 10.9. The molecule has 1 unspecified atom stereocenters. The van der Waals surface area contributed by atoms with Crippen LogP contribution in [0.15, 0.2) is 40.0 Å². The van der Waals surface area contributed by atoms with Gasteiger partial charge < -0.3 is 15.1 Å². The zero-order chi connectivity index (χ0) is 16.7. The fraction of sp³-hybridized carbons (Fsp3) is 0.412. The van der Waals surface area contributed by atoms with Crippen molar-refractivity contribution in [1.29, 1.82) is 0 Å². The number of rotatable bonds is 3. The molecule has 2 aliphatic rings. The van der Waals surface area contributed by atoms with Crippen LogP contribution >= 0.6 is 28.1 Å². The van der Waals surface area contributed by atoms with E-state index in [1.807, 2.05) is 31.2 Å². The van der Waals surface area contributed by atoms with Crippen LogP contribution in [0.1, 0.15) is 31.4 Å². The minimum atomic E-state index is -0.233. The van der Waals surface area contributed by atoms with Gasteiger partial charge in [-0.3, -0.25) is 4.79 Å². The first-order valence-corrected chi connectivity index (χ1v) is 8.88. The maximum Gasteiger partial charge on any atom is 0.253 e. The Balaban J connectivity index is 2.12. The molecule has 23 heavy (non-hydrogen) atoms. The van der Waals surface area contributed by atoms with Crippen molar-refractivity contribution in [2.75, 3.05) is 14.1 Å². The molecule has 1 heterocycles. The van der Waals surface area contributed by atoms with E-state index >= 15 is 0 Å². The summed E-state index contributed by atoms with van der Waals surface area (Å²) in [5.74, 6) is 0.0175. The molecule has 1 amide bonds. The Labute approximate surface area is 150 Å². The molecular formula is C17H20BrN3OS. The van der Waals surface area contributed by atoms with Gasteiger partial charge in [0.2, 0.25) is 0 Å². The molecule has 1 aromatic rings. The number of likely N-dealkylation sites (N-methyl/N-ethyl adjacent to an activating group) is 1. The van der Waals surface area contributed by atoms with E-state index in [0.29, 0.717) is 11.2 Å². The molecule has 1 aromatic carbocycles. The second-order valence-electron chi connectivity index (χ2n) is 6.20. The molecule has 0 spiro atoms. The highest BCUT2D eigenvalue weighted by atomic mass is 79.9. The summed E-state index contributed by atoms with van der Waals surface area (Å²) in [6.45, 7) is 2.01. The average molecular weight is 394 g/mol. The molecule has 0 saturated heterocycles. The van der Waals surface area contributed by atoms with Gasteiger partial charge in [-0.25, -0.2) is 0 Å². The van der Waals surface area contributed by atoms with Gasteiger partial charge in [0.1, 0.15) is 0 Å². The SMILES string of the molecule is CC1=C(C(=O)N(C)C)C(c2ccccc2Br)NC(=S)N1C1CC1. The Morgan fingerprint density at radius 2 is 2.00 bits per heavy atom. The van der Waals surface area contributed by atoms with Crippen LogP contribution in [0, 0.1) is 0 Å². The summed E-state index contributed by atoms with van der Waals surface area (Å²) in [6, 6.07) is 8.15. The lowest BCUT2D eigenvalue weighted by Crippen LogP contribution is -2.49. The van der Waals surface area contributed by atoms with E-state index in [1.54, 1.807) is 19.0 Å². The standard InChI is InChI=1S/C17H20BrN3OS/c1-10-14(16(22)20(2)3)15(12-6-4-5-7-13(12)18)19-17(23)21(10)11-8-9-11/h4-7,11,15H,8-9H2,1-3H3,(H,19,23). The molecule has 0 radical (unpaired) electrons. The molecular weight excluding hydrogens is 374 g/mol. The van der Waals surface area contributed by atoms with Crippen LogP contribution in [0.2, 0.25) is 0 Å². The summed E-state index contributed by atoms with van der Waals surface area (Å²) in [4.78, 5) is 16.6. The number of carbonyl (C=O) groups is 1. The van der Waals surface area contributed by atoms with Gasteiger partial charge in [-0.1, -0.05) is 34.1 Å². The number of nitrogens with zero attached hydrogens (tertiary/aromatic N) is 2. The highest BCUT2D eigenvalue weighted by Gasteiger charge is 2.40. The Morgan fingerprint density at radius 3 is 2.57 bits per heavy atom. The zero-order valence-electron chi connectivity index (χ0n) is 13.5. The van der Waals surface area contributed by atoms with E-state index in [1.165, 1.54) is 0 Å². The minimum Gasteiger partial charge on any atom is -0.351 e. The van der Waals surface area contributed by atoms with Crippen molar-refractivity contribution < 1.29 is 4.79 Å². The maximum absolute atomic E-state index is 12.8. The van der Waals surface area contributed by atoms with E-state index in [-0.39, 0.29) is 11.9 Å². The lowest BCUT2D eigenvalue weighted by molar-refractivity contribution is -0.125. The van der Waals surface area contributed by atoms with Crippen molar-refractivity contribution in [2.24, 2.45) is 0 Å². The molecule has 1 atom stereocenters. The number of hydrogen-bond donors (Lipinski definition) is 1. The predicted octanol–water partition coefficient (Wildman–Crippen LogP) is 3.20. The molecule has 1 saturated carbocycles. The first kappa shape index (κ1) is 16.5. The van der Waals surface area contributed by atoms with Crippen LogP contribution in [0.5, 0.6) is 0 Å². The molecule has 0 aromatic heterocycles. The van der Waals surface area contributed by atoms with Gasteiger partial charge >= 0.3 is 0 Å². The highest BCUT2D eigenvalue weighted by molar-refractivity contribution is 9.10. The number of hydrogen-bond acceptors (Lipinski definition) is 2. The Bertz CT molecular complexity index is 697. The van der Waals surface area contributed by atoms with E-state index in [4.69, 9.17) is 12.2 Å². The van der Waals surface area contributed by atoms with Crippen molar-refractivity contribution in [3.8, 4) is 0 Å². The summed E-state index contributed by atoms with van der Waals surface area (Å²) >= 11 is 9.18. The van der Waals surface area contributed by atoms with Gasteiger partial charge in [0.25, 0.3) is 5.91 Å². The molecule has 1 fully saturated rings. The molecule has 4 nitrogen and oxygen atoms in total. The first-order valence-electron chi connectivity index (χ1n) is 7.68. The van der Waals surface area contributed by atoms with Crippen molar-refractivity contribution >= 4 is 39.2 Å². The van der Waals surface area contributed by atoms with Gasteiger partial charge in [-0.15, -0.1) is 0 Å². The van der Waals surface area contributed by atoms with Crippen molar-refractivity contribution in [3.63, 3.8) is 0 Å². The van der Waals surface area contributed by atoms with E-state index in [2.05, 4.69) is 26.1 Å². The monoisotopic (exact) mass is 393 g/mol. The second kappa shape index (κ2) is 6.24. The summed E-state index contributed by atoms with van der Waals surface area (Å²) in [6.07, 6.45) is 2.25. The van der Waals surface area contributed by atoms with Crippen molar-refractivity contribution in [3.05, 3.63) is 45.6 Å². The molecule has 1 N–H and O–H groups in total. The normalized spacial score (nSPS) is 21.3. The summed E-state index contributed by atoms with van der Waals surface area (Å²) in [7, 11) is 3.57. The van der Waals surface area contributed by atoms with Crippen LogP contribution in [0.3, 0.4) is 0 Å². The number of allylic oxidation sites excluding steroid dienone is 1. The quantitative estimate of drug-likeness (QED) is 0.799. The Kier molecular flexibility index (Phi) is 4.47. The molecule has 6 heteroatoms. The number of halogens is 1. The summed E-state index contributed by atoms with van der Waals surface area (Å²) < 4.78 is 0.969. The van der Waals surface area contributed by atoms with Gasteiger partial charge in [0, 0.05) is 30.3 Å². The molecule has 3 rings (SSSR count). The van der Waals surface area contributed by atoms with Crippen molar-refractivity contribution in [1.82, 2.24) is 15.1 Å².